The summed E-state index contributed by atoms with van der Waals surface area (Å²) < 4.78 is 0. The number of thiocarbonyl (C=S) groups is 1. The van der Waals surface area contributed by atoms with Gasteiger partial charge in [0.15, 0.2) is 0 Å². The van der Waals surface area contributed by atoms with E-state index in [0.717, 1.165) is 23.5 Å². The van der Waals surface area contributed by atoms with Crippen molar-refractivity contribution in [3.8, 4) is 0 Å². The van der Waals surface area contributed by atoms with Crippen molar-refractivity contribution >= 4 is 34.7 Å². The molecule has 0 aromatic heterocycles. The van der Waals surface area contributed by atoms with Gasteiger partial charge in [0.05, 0.1) is 0 Å². The summed E-state index contributed by atoms with van der Waals surface area (Å²) in [5, 5.41) is 3.47. The summed E-state index contributed by atoms with van der Waals surface area (Å²) in [5.74, 6) is 1.78. The summed E-state index contributed by atoms with van der Waals surface area (Å²) in [6.07, 6.45) is 2.13. The van der Waals surface area contributed by atoms with Gasteiger partial charge in [-0.1, -0.05) is 31.3 Å². The lowest BCUT2D eigenvalue weighted by molar-refractivity contribution is 0.701. The lowest BCUT2D eigenvalue weighted by Gasteiger charge is -2.17. The zero-order valence-corrected chi connectivity index (χ0v) is 12.3. The second-order valence-corrected chi connectivity index (χ2v) is 5.65. The number of anilines is 1. The SMILES string of the molecule is CSCC(C)CNc1c(C)cccc1C(N)=S. The Balaban J connectivity index is 2.79. The standard InChI is InChI=1S/C13H20N2S2/c1-9(8-17-3)7-15-12-10(2)5-4-6-11(12)13(14)16/h4-6,9,15H,7-8H2,1-3H3,(H2,14,16). The molecule has 0 aliphatic heterocycles. The Morgan fingerprint density at radius 3 is 2.82 bits per heavy atom. The van der Waals surface area contributed by atoms with Crippen LogP contribution in [-0.4, -0.2) is 23.5 Å². The zero-order chi connectivity index (χ0) is 12.8. The maximum atomic E-state index is 5.74. The first kappa shape index (κ1) is 14.3. The summed E-state index contributed by atoms with van der Waals surface area (Å²) >= 11 is 6.94. The van der Waals surface area contributed by atoms with Gasteiger partial charge >= 0.3 is 0 Å². The highest BCUT2D eigenvalue weighted by atomic mass is 32.2. The molecule has 4 heteroatoms. The summed E-state index contributed by atoms with van der Waals surface area (Å²) in [6, 6.07) is 6.03. The van der Waals surface area contributed by atoms with Gasteiger partial charge in [-0.2, -0.15) is 11.8 Å². The zero-order valence-electron chi connectivity index (χ0n) is 10.6. The number of hydrogen-bond acceptors (Lipinski definition) is 3. The maximum Gasteiger partial charge on any atom is 0.106 e. The first-order valence-electron chi connectivity index (χ1n) is 5.68. The minimum atomic E-state index is 0.453. The second-order valence-electron chi connectivity index (χ2n) is 4.30. The molecule has 0 aliphatic carbocycles. The van der Waals surface area contributed by atoms with Crippen LogP contribution in [0, 0.1) is 12.8 Å². The van der Waals surface area contributed by atoms with E-state index in [9.17, 15) is 0 Å². The number of rotatable bonds is 6. The molecule has 0 spiro atoms. The third kappa shape index (κ3) is 4.21. The molecular formula is C13H20N2S2. The van der Waals surface area contributed by atoms with Gasteiger partial charge in [0.2, 0.25) is 0 Å². The largest absolute Gasteiger partial charge is 0.389 e. The molecule has 17 heavy (non-hydrogen) atoms. The Bertz CT molecular complexity index is 391. The molecule has 0 radical (unpaired) electrons. The van der Waals surface area contributed by atoms with Crippen molar-refractivity contribution in [3.63, 3.8) is 0 Å². The second kappa shape index (κ2) is 6.87. The molecule has 0 aliphatic rings. The average molecular weight is 268 g/mol. The molecule has 0 heterocycles. The molecular weight excluding hydrogens is 248 g/mol. The van der Waals surface area contributed by atoms with Crippen LogP contribution in [0.2, 0.25) is 0 Å². The van der Waals surface area contributed by atoms with E-state index in [4.69, 9.17) is 18.0 Å². The summed E-state index contributed by atoms with van der Waals surface area (Å²) in [7, 11) is 0. The molecule has 1 aromatic rings. The molecule has 3 N–H and O–H groups in total. The molecule has 94 valence electrons. The first-order chi connectivity index (χ1) is 8.06. The van der Waals surface area contributed by atoms with Crippen LogP contribution in [-0.2, 0) is 0 Å². The number of thioether (sulfide) groups is 1. The van der Waals surface area contributed by atoms with Gasteiger partial charge in [-0.05, 0) is 36.5 Å². The van der Waals surface area contributed by atoms with Gasteiger partial charge < -0.3 is 11.1 Å². The first-order valence-corrected chi connectivity index (χ1v) is 7.48. The molecule has 1 atom stereocenters. The Hall–Kier alpha value is -0.740. The van der Waals surface area contributed by atoms with Crippen LogP contribution < -0.4 is 11.1 Å². The van der Waals surface area contributed by atoms with E-state index in [1.807, 2.05) is 23.9 Å². The summed E-state index contributed by atoms with van der Waals surface area (Å²) in [4.78, 5) is 0.453. The molecule has 0 fully saturated rings. The molecule has 0 saturated carbocycles. The molecule has 1 unspecified atom stereocenters. The van der Waals surface area contributed by atoms with E-state index in [0.29, 0.717) is 10.9 Å². The third-order valence-electron chi connectivity index (χ3n) is 2.62. The fraction of sp³-hybridized carbons (Fsp3) is 0.462. The molecule has 0 amide bonds. The number of nitrogens with two attached hydrogens (primary N) is 1. The normalized spacial score (nSPS) is 12.2. The van der Waals surface area contributed by atoms with Gasteiger partial charge in [-0.3, -0.25) is 0 Å². The van der Waals surface area contributed by atoms with Crippen molar-refractivity contribution in [2.45, 2.75) is 13.8 Å². The van der Waals surface area contributed by atoms with E-state index < -0.39 is 0 Å². The van der Waals surface area contributed by atoms with Crippen LogP contribution in [0.3, 0.4) is 0 Å². The fourth-order valence-electron chi connectivity index (χ4n) is 1.73. The lowest BCUT2D eigenvalue weighted by atomic mass is 10.1. The van der Waals surface area contributed by atoms with E-state index in [1.165, 1.54) is 5.56 Å². The van der Waals surface area contributed by atoms with Crippen molar-refractivity contribution in [2.75, 3.05) is 23.9 Å². The highest BCUT2D eigenvalue weighted by Gasteiger charge is 2.08. The van der Waals surface area contributed by atoms with Gasteiger partial charge in [-0.25, -0.2) is 0 Å². The van der Waals surface area contributed by atoms with Crippen molar-refractivity contribution in [3.05, 3.63) is 29.3 Å². The van der Waals surface area contributed by atoms with E-state index in [-0.39, 0.29) is 0 Å². The topological polar surface area (TPSA) is 38.0 Å². The third-order valence-corrected chi connectivity index (χ3v) is 3.74. The molecule has 1 aromatic carbocycles. The van der Waals surface area contributed by atoms with Crippen LogP contribution in [0.4, 0.5) is 5.69 Å². The lowest BCUT2D eigenvalue weighted by Crippen LogP contribution is -2.18. The molecule has 0 bridgehead atoms. The minimum absolute atomic E-state index is 0.453. The highest BCUT2D eigenvalue weighted by Crippen LogP contribution is 2.21. The summed E-state index contributed by atoms with van der Waals surface area (Å²) in [6.45, 7) is 5.26. The Morgan fingerprint density at radius 1 is 1.53 bits per heavy atom. The number of benzene rings is 1. The monoisotopic (exact) mass is 268 g/mol. The van der Waals surface area contributed by atoms with Gasteiger partial charge in [0.1, 0.15) is 4.99 Å². The van der Waals surface area contributed by atoms with Crippen molar-refractivity contribution in [1.29, 1.82) is 0 Å². The predicted molar refractivity (Wildman–Crippen MR) is 83.1 cm³/mol. The van der Waals surface area contributed by atoms with Crippen LogP contribution in [0.5, 0.6) is 0 Å². The predicted octanol–water partition coefficient (Wildman–Crippen LogP) is 3.04. The number of hydrogen-bond donors (Lipinski definition) is 2. The molecule has 1 rings (SSSR count). The summed E-state index contributed by atoms with van der Waals surface area (Å²) in [5.41, 5.74) is 8.94. The maximum absolute atomic E-state index is 5.74. The smallest absolute Gasteiger partial charge is 0.106 e. The van der Waals surface area contributed by atoms with Gasteiger partial charge in [0.25, 0.3) is 0 Å². The van der Waals surface area contributed by atoms with Crippen LogP contribution >= 0.6 is 24.0 Å². The Labute approximate surface area is 113 Å². The van der Waals surface area contributed by atoms with Crippen LogP contribution in [0.25, 0.3) is 0 Å². The number of nitrogens with one attached hydrogen (secondary N) is 1. The van der Waals surface area contributed by atoms with E-state index in [1.54, 1.807) is 0 Å². The van der Waals surface area contributed by atoms with Crippen molar-refractivity contribution < 1.29 is 0 Å². The van der Waals surface area contributed by atoms with Crippen molar-refractivity contribution in [2.24, 2.45) is 11.7 Å². The van der Waals surface area contributed by atoms with Crippen LogP contribution in [0.15, 0.2) is 18.2 Å². The minimum Gasteiger partial charge on any atom is -0.389 e. The number of aryl methyl sites for hydroxylation is 1. The van der Waals surface area contributed by atoms with Gasteiger partial charge in [-0.15, -0.1) is 0 Å². The number of para-hydroxylation sites is 1. The Morgan fingerprint density at radius 2 is 2.24 bits per heavy atom. The fourth-order valence-corrected chi connectivity index (χ4v) is 2.58. The highest BCUT2D eigenvalue weighted by molar-refractivity contribution is 7.98. The van der Waals surface area contributed by atoms with Gasteiger partial charge in [0, 0.05) is 17.8 Å². The average Bonchev–Trinajstić information content (AvgIpc) is 2.27. The van der Waals surface area contributed by atoms with Crippen molar-refractivity contribution in [1.82, 2.24) is 0 Å². The molecule has 0 saturated heterocycles. The molecule has 2 nitrogen and oxygen atoms in total. The van der Waals surface area contributed by atoms with E-state index >= 15 is 0 Å². The van der Waals surface area contributed by atoms with Crippen LogP contribution in [0.1, 0.15) is 18.1 Å². The Kier molecular flexibility index (Phi) is 5.78. The quantitative estimate of drug-likeness (QED) is 0.778. The van der Waals surface area contributed by atoms with E-state index in [2.05, 4.69) is 31.5 Å².